The second kappa shape index (κ2) is 8.16. The van der Waals surface area contributed by atoms with Gasteiger partial charge in [0, 0.05) is 18.0 Å². The molecule has 0 spiro atoms. The Morgan fingerprint density at radius 1 is 1.03 bits per heavy atom. The SMILES string of the molecule is CCOc1ccccc1NC(=O)c1ccc2c(c1)C(=O)N(Cc1cccnc1)C2=O. The predicted octanol–water partition coefficient (Wildman–Crippen LogP) is 3.53. The van der Waals surface area contributed by atoms with E-state index in [4.69, 9.17) is 4.74 Å². The molecule has 150 valence electrons. The summed E-state index contributed by atoms with van der Waals surface area (Å²) in [4.78, 5) is 43.4. The Morgan fingerprint density at radius 2 is 1.83 bits per heavy atom. The number of carbonyl (C=O) groups excluding carboxylic acids is 3. The second-order valence-corrected chi connectivity index (χ2v) is 6.70. The van der Waals surface area contributed by atoms with Crippen LogP contribution in [-0.2, 0) is 6.54 Å². The summed E-state index contributed by atoms with van der Waals surface area (Å²) in [6.45, 7) is 2.46. The molecule has 7 nitrogen and oxygen atoms in total. The lowest BCUT2D eigenvalue weighted by atomic mass is 10.1. The minimum atomic E-state index is -0.428. The average molecular weight is 401 g/mol. The van der Waals surface area contributed by atoms with Crippen LogP contribution in [0, 0.1) is 0 Å². The van der Waals surface area contributed by atoms with Gasteiger partial charge in [0.05, 0.1) is 30.0 Å². The van der Waals surface area contributed by atoms with Crippen molar-refractivity contribution in [3.63, 3.8) is 0 Å². The van der Waals surface area contributed by atoms with Crippen molar-refractivity contribution in [2.24, 2.45) is 0 Å². The van der Waals surface area contributed by atoms with E-state index in [0.29, 0.717) is 18.0 Å². The first-order chi connectivity index (χ1) is 14.6. The van der Waals surface area contributed by atoms with Gasteiger partial charge in [-0.2, -0.15) is 0 Å². The van der Waals surface area contributed by atoms with Crippen LogP contribution in [0.2, 0.25) is 0 Å². The number of hydrogen-bond donors (Lipinski definition) is 1. The van der Waals surface area contributed by atoms with Crippen LogP contribution in [0.5, 0.6) is 5.75 Å². The topological polar surface area (TPSA) is 88.6 Å². The van der Waals surface area contributed by atoms with Crippen molar-refractivity contribution >= 4 is 23.4 Å². The highest BCUT2D eigenvalue weighted by atomic mass is 16.5. The third-order valence-electron chi connectivity index (χ3n) is 4.73. The fourth-order valence-electron chi connectivity index (χ4n) is 3.30. The Balaban J connectivity index is 1.56. The number of nitrogens with zero attached hydrogens (tertiary/aromatic N) is 2. The summed E-state index contributed by atoms with van der Waals surface area (Å²) >= 11 is 0. The van der Waals surface area contributed by atoms with Crippen LogP contribution in [0.3, 0.4) is 0 Å². The Bertz CT molecular complexity index is 1130. The zero-order valence-electron chi connectivity index (χ0n) is 16.3. The Kier molecular flexibility index (Phi) is 5.26. The van der Waals surface area contributed by atoms with Crippen molar-refractivity contribution in [2.45, 2.75) is 13.5 Å². The van der Waals surface area contributed by atoms with E-state index >= 15 is 0 Å². The van der Waals surface area contributed by atoms with Crippen molar-refractivity contribution in [3.8, 4) is 5.75 Å². The van der Waals surface area contributed by atoms with Gasteiger partial charge in [0.1, 0.15) is 5.75 Å². The van der Waals surface area contributed by atoms with E-state index in [1.54, 1.807) is 42.7 Å². The number of nitrogens with one attached hydrogen (secondary N) is 1. The van der Waals surface area contributed by atoms with Crippen LogP contribution in [0.1, 0.15) is 43.6 Å². The molecule has 1 aliphatic heterocycles. The lowest BCUT2D eigenvalue weighted by Gasteiger charge is -2.13. The monoisotopic (exact) mass is 401 g/mol. The molecule has 4 rings (SSSR count). The van der Waals surface area contributed by atoms with Crippen LogP contribution in [0.4, 0.5) is 5.69 Å². The molecule has 1 N–H and O–H groups in total. The highest BCUT2D eigenvalue weighted by Crippen LogP contribution is 2.27. The molecule has 0 radical (unpaired) electrons. The molecule has 0 bridgehead atoms. The number of para-hydroxylation sites is 2. The number of pyridine rings is 1. The summed E-state index contributed by atoms with van der Waals surface area (Å²) in [5.41, 5.74) is 2.07. The van der Waals surface area contributed by atoms with Crippen LogP contribution < -0.4 is 10.1 Å². The number of aromatic nitrogens is 1. The number of fused-ring (bicyclic) bond motifs is 1. The maximum Gasteiger partial charge on any atom is 0.261 e. The number of benzene rings is 2. The standard InChI is InChI=1S/C23H19N3O4/c1-2-30-20-8-4-3-7-19(20)25-21(27)16-9-10-17-18(12-16)23(29)26(22(17)28)14-15-6-5-11-24-13-15/h3-13H,2,14H2,1H3,(H,25,27). The van der Waals surface area contributed by atoms with Gasteiger partial charge in [0.2, 0.25) is 0 Å². The molecule has 1 aliphatic rings. The average Bonchev–Trinajstić information content (AvgIpc) is 3.00. The summed E-state index contributed by atoms with van der Waals surface area (Å²) in [5.74, 6) is -0.643. The van der Waals surface area contributed by atoms with Crippen molar-refractivity contribution in [2.75, 3.05) is 11.9 Å². The van der Waals surface area contributed by atoms with Gasteiger partial charge < -0.3 is 10.1 Å². The van der Waals surface area contributed by atoms with E-state index in [0.717, 1.165) is 10.5 Å². The highest BCUT2D eigenvalue weighted by Gasteiger charge is 2.36. The molecular weight excluding hydrogens is 382 g/mol. The molecule has 2 aromatic carbocycles. The molecule has 0 saturated carbocycles. The molecule has 1 aromatic heterocycles. The quantitative estimate of drug-likeness (QED) is 0.639. The maximum absolute atomic E-state index is 12.8. The fourth-order valence-corrected chi connectivity index (χ4v) is 3.30. The van der Waals surface area contributed by atoms with Gasteiger partial charge in [0.15, 0.2) is 0 Å². The van der Waals surface area contributed by atoms with Gasteiger partial charge in [0.25, 0.3) is 17.7 Å². The van der Waals surface area contributed by atoms with E-state index in [-0.39, 0.29) is 29.1 Å². The summed E-state index contributed by atoms with van der Waals surface area (Å²) in [7, 11) is 0. The molecule has 0 aliphatic carbocycles. The normalized spacial score (nSPS) is 12.6. The van der Waals surface area contributed by atoms with Gasteiger partial charge in [-0.15, -0.1) is 0 Å². The van der Waals surface area contributed by atoms with Gasteiger partial charge >= 0.3 is 0 Å². The number of ether oxygens (including phenoxy) is 1. The van der Waals surface area contributed by atoms with E-state index in [1.807, 2.05) is 13.0 Å². The van der Waals surface area contributed by atoms with E-state index in [1.165, 1.54) is 18.2 Å². The van der Waals surface area contributed by atoms with E-state index < -0.39 is 11.8 Å². The number of imide groups is 1. The second-order valence-electron chi connectivity index (χ2n) is 6.70. The molecule has 3 amide bonds. The molecule has 0 fully saturated rings. The minimum absolute atomic E-state index is 0.128. The first-order valence-electron chi connectivity index (χ1n) is 9.51. The number of anilines is 1. The number of carbonyl (C=O) groups is 3. The molecule has 30 heavy (non-hydrogen) atoms. The number of hydrogen-bond acceptors (Lipinski definition) is 5. The summed E-state index contributed by atoms with van der Waals surface area (Å²) in [5, 5.41) is 2.80. The van der Waals surface area contributed by atoms with Crippen LogP contribution in [0.15, 0.2) is 67.0 Å². The Morgan fingerprint density at radius 3 is 2.60 bits per heavy atom. The number of rotatable bonds is 6. The zero-order valence-corrected chi connectivity index (χ0v) is 16.3. The van der Waals surface area contributed by atoms with Gasteiger partial charge in [-0.05, 0) is 48.9 Å². The number of amides is 3. The Labute approximate surface area is 173 Å². The van der Waals surface area contributed by atoms with Crippen LogP contribution in [0.25, 0.3) is 0 Å². The first-order valence-corrected chi connectivity index (χ1v) is 9.51. The van der Waals surface area contributed by atoms with E-state index in [2.05, 4.69) is 10.3 Å². The summed E-state index contributed by atoms with van der Waals surface area (Å²) < 4.78 is 5.52. The third-order valence-corrected chi connectivity index (χ3v) is 4.73. The molecule has 3 aromatic rings. The van der Waals surface area contributed by atoms with E-state index in [9.17, 15) is 14.4 Å². The molecule has 2 heterocycles. The Hall–Kier alpha value is -4.00. The van der Waals surface area contributed by atoms with Crippen LogP contribution >= 0.6 is 0 Å². The molecule has 0 unspecified atom stereocenters. The maximum atomic E-state index is 12.8. The van der Waals surface area contributed by atoms with Crippen molar-refractivity contribution in [1.82, 2.24) is 9.88 Å². The summed E-state index contributed by atoms with van der Waals surface area (Å²) in [6, 6.07) is 15.2. The molecule has 0 saturated heterocycles. The lowest BCUT2D eigenvalue weighted by molar-refractivity contribution is 0.0642. The summed E-state index contributed by atoms with van der Waals surface area (Å²) in [6.07, 6.45) is 3.23. The van der Waals surface area contributed by atoms with Gasteiger partial charge in [-0.25, -0.2) is 0 Å². The van der Waals surface area contributed by atoms with Crippen molar-refractivity contribution in [3.05, 3.63) is 89.2 Å². The van der Waals surface area contributed by atoms with Gasteiger partial charge in [-0.3, -0.25) is 24.3 Å². The minimum Gasteiger partial charge on any atom is -0.492 e. The van der Waals surface area contributed by atoms with Gasteiger partial charge in [-0.1, -0.05) is 18.2 Å². The predicted molar refractivity (Wildman–Crippen MR) is 110 cm³/mol. The molecule has 0 atom stereocenters. The highest BCUT2D eigenvalue weighted by molar-refractivity contribution is 6.22. The molecule has 7 heteroatoms. The van der Waals surface area contributed by atoms with Crippen LogP contribution in [-0.4, -0.2) is 34.2 Å². The van der Waals surface area contributed by atoms with Crippen molar-refractivity contribution < 1.29 is 19.1 Å². The third kappa shape index (κ3) is 3.65. The smallest absolute Gasteiger partial charge is 0.261 e. The van der Waals surface area contributed by atoms with Crippen molar-refractivity contribution in [1.29, 1.82) is 0 Å². The molecular formula is C23H19N3O4. The first kappa shape index (κ1) is 19.3. The largest absolute Gasteiger partial charge is 0.492 e. The zero-order chi connectivity index (χ0) is 21.1. The fraction of sp³-hybridized carbons (Fsp3) is 0.130. The lowest BCUT2D eigenvalue weighted by Crippen LogP contribution is -2.29.